The first-order valence-electron chi connectivity index (χ1n) is 13.0. The van der Waals surface area contributed by atoms with Gasteiger partial charge in [0, 0.05) is 59.7 Å². The fraction of sp³-hybridized carbons (Fsp3) is 0.429. The minimum absolute atomic E-state index is 0.0380. The minimum atomic E-state index is -3.81. The van der Waals surface area contributed by atoms with Crippen molar-refractivity contribution in [3.05, 3.63) is 59.8 Å². The molecule has 2 aliphatic heterocycles. The zero-order chi connectivity index (χ0) is 27.6. The summed E-state index contributed by atoms with van der Waals surface area (Å²) in [5, 5.41) is 10.0. The number of anilines is 2. The number of nitrogens with one attached hydrogen (secondary N) is 2. The highest BCUT2D eigenvalue weighted by atomic mass is 35.5. The lowest BCUT2D eigenvalue weighted by molar-refractivity contribution is -0.164. The fourth-order valence-corrected chi connectivity index (χ4v) is 5.17. The van der Waals surface area contributed by atoms with Crippen LogP contribution in [0.15, 0.2) is 48.7 Å². The predicted octanol–water partition coefficient (Wildman–Crippen LogP) is 6.35. The van der Waals surface area contributed by atoms with E-state index in [2.05, 4.69) is 39.0 Å². The van der Waals surface area contributed by atoms with Crippen molar-refractivity contribution in [2.24, 2.45) is 0 Å². The smallest absolute Gasteiger partial charge is 0.420 e. The second-order valence-electron chi connectivity index (χ2n) is 10.0. The van der Waals surface area contributed by atoms with Gasteiger partial charge in [0.2, 0.25) is 0 Å². The fourth-order valence-electron chi connectivity index (χ4n) is 5.08. The summed E-state index contributed by atoms with van der Waals surface area (Å²) in [4.78, 5) is 15.7. The molecule has 2 aromatic carbocycles. The normalized spacial score (nSPS) is 19.3. The number of alkyl halides is 3. The van der Waals surface area contributed by atoms with Crippen LogP contribution in [0.1, 0.15) is 54.9 Å². The molecule has 2 unspecified atom stereocenters. The highest BCUT2D eigenvalue weighted by Gasteiger charge is 2.35. The average molecular weight is 561 g/mol. The molecule has 11 heteroatoms. The van der Waals surface area contributed by atoms with Crippen molar-refractivity contribution >= 4 is 28.9 Å². The van der Waals surface area contributed by atoms with E-state index in [1.807, 2.05) is 18.2 Å². The molecular formula is C28H31ClF2N4O4. The zero-order valence-corrected chi connectivity index (χ0v) is 22.5. The number of aromatic amines is 1. The number of fused-ring (bicyclic) bond motifs is 1. The van der Waals surface area contributed by atoms with Crippen LogP contribution in [0.25, 0.3) is 11.3 Å². The molecule has 0 aliphatic carbocycles. The number of hydrogen-bond donors (Lipinski definition) is 2. The van der Waals surface area contributed by atoms with Crippen LogP contribution < -0.4 is 15.0 Å². The third-order valence-electron chi connectivity index (χ3n) is 6.93. The lowest BCUT2D eigenvalue weighted by Gasteiger charge is -2.27. The summed E-state index contributed by atoms with van der Waals surface area (Å²) in [6.07, 6.45) is 4.48. The van der Waals surface area contributed by atoms with Crippen LogP contribution in [0.4, 0.5) is 20.2 Å². The summed E-state index contributed by atoms with van der Waals surface area (Å²) in [7, 11) is 0. The minimum Gasteiger partial charge on any atom is -0.420 e. The molecule has 0 bridgehead atoms. The molecule has 1 aromatic heterocycles. The molecule has 1 amide bonds. The molecule has 5 rings (SSSR count). The average Bonchev–Trinajstić information content (AvgIpc) is 3.56. The summed E-state index contributed by atoms with van der Waals surface area (Å²) in [5.74, 6) is -0.421. The van der Waals surface area contributed by atoms with Crippen molar-refractivity contribution in [1.29, 1.82) is 0 Å². The number of carbonyl (C=O) groups is 1. The summed E-state index contributed by atoms with van der Waals surface area (Å²) >= 11 is 4.83. The lowest BCUT2D eigenvalue weighted by atomic mass is 9.95. The molecule has 208 valence electrons. The van der Waals surface area contributed by atoms with E-state index in [4.69, 9.17) is 21.1 Å². The Bertz CT molecular complexity index is 1280. The Balaban J connectivity index is 1.44. The number of benzene rings is 2. The Morgan fingerprint density at radius 1 is 1.26 bits per heavy atom. The highest BCUT2D eigenvalue weighted by Crippen LogP contribution is 2.45. The van der Waals surface area contributed by atoms with E-state index in [9.17, 15) is 13.6 Å². The number of hydrogen-bond acceptors (Lipinski definition) is 6. The topological polar surface area (TPSA) is 88.7 Å². The van der Waals surface area contributed by atoms with E-state index in [1.165, 1.54) is 24.3 Å². The van der Waals surface area contributed by atoms with Gasteiger partial charge in [0.05, 0.1) is 18.0 Å². The highest BCUT2D eigenvalue weighted by molar-refractivity contribution is 6.20. The van der Waals surface area contributed by atoms with Crippen LogP contribution >= 0.6 is 11.6 Å². The van der Waals surface area contributed by atoms with Crippen molar-refractivity contribution in [1.82, 2.24) is 10.2 Å². The molecule has 1 fully saturated rings. The number of amides is 1. The third kappa shape index (κ3) is 6.51. The number of aromatic nitrogens is 2. The van der Waals surface area contributed by atoms with Gasteiger partial charge in [0.25, 0.3) is 5.91 Å². The second kappa shape index (κ2) is 11.5. The number of H-pyrrole nitrogens is 1. The van der Waals surface area contributed by atoms with Gasteiger partial charge in [-0.15, -0.1) is 8.78 Å². The molecule has 2 aliphatic rings. The van der Waals surface area contributed by atoms with Crippen molar-refractivity contribution in [2.45, 2.75) is 56.9 Å². The van der Waals surface area contributed by atoms with Gasteiger partial charge in [0.1, 0.15) is 5.75 Å². The van der Waals surface area contributed by atoms with Gasteiger partial charge in [-0.1, -0.05) is 0 Å². The molecule has 0 radical (unpaired) electrons. The van der Waals surface area contributed by atoms with E-state index in [1.54, 1.807) is 6.20 Å². The lowest BCUT2D eigenvalue weighted by Crippen LogP contribution is -2.31. The van der Waals surface area contributed by atoms with Crippen LogP contribution in [-0.4, -0.2) is 53.8 Å². The van der Waals surface area contributed by atoms with Crippen LogP contribution in [0.3, 0.4) is 0 Å². The molecule has 1 saturated heterocycles. The van der Waals surface area contributed by atoms with Gasteiger partial charge < -0.3 is 24.4 Å². The molecule has 39 heavy (non-hydrogen) atoms. The molecule has 2 atom stereocenters. The van der Waals surface area contributed by atoms with Crippen LogP contribution in [-0.2, 0) is 9.47 Å². The van der Waals surface area contributed by atoms with E-state index < -0.39 is 5.57 Å². The number of rotatable bonds is 9. The van der Waals surface area contributed by atoms with E-state index in [-0.39, 0.29) is 29.9 Å². The first-order chi connectivity index (χ1) is 18.7. The van der Waals surface area contributed by atoms with E-state index >= 15 is 0 Å². The van der Waals surface area contributed by atoms with Gasteiger partial charge in [-0.3, -0.25) is 9.89 Å². The van der Waals surface area contributed by atoms with Crippen LogP contribution in [0.2, 0.25) is 0 Å². The summed E-state index contributed by atoms with van der Waals surface area (Å²) in [6, 6.07) is 11.4. The molecule has 8 nitrogen and oxygen atoms in total. The third-order valence-corrected chi connectivity index (χ3v) is 7.00. The first-order valence-corrected chi connectivity index (χ1v) is 13.4. The monoisotopic (exact) mass is 560 g/mol. The van der Waals surface area contributed by atoms with Crippen molar-refractivity contribution in [3.63, 3.8) is 0 Å². The molecule has 0 saturated carbocycles. The largest absolute Gasteiger partial charge is 0.487 e. The van der Waals surface area contributed by atoms with Crippen molar-refractivity contribution in [2.75, 3.05) is 30.0 Å². The molecule has 2 N–H and O–H groups in total. The maximum Gasteiger partial charge on any atom is 0.487 e. The molecule has 0 spiro atoms. The standard InChI is InChI=1S/C28H31ClF2N4O4/c1-17(2)35-15-19(16-38-25-5-3-4-12-37-25)22-13-18(14-23(26(22)35)24-10-11-32-34-24)27(36)33-20-6-8-21(9-7-20)39-28(29,30)31/h6-11,13-14,17,19,25H,3-5,12,15-16H2,1-2H3,(H,32,34)(H,33,36). The number of carbonyl (C=O) groups excluding carboxylic acids is 1. The van der Waals surface area contributed by atoms with Gasteiger partial charge in [0.15, 0.2) is 6.29 Å². The summed E-state index contributed by atoms with van der Waals surface area (Å²) in [5.41, 5.74) is 0.797. The maximum atomic E-state index is 13.4. The molecule has 3 aromatic rings. The Labute approximate surface area is 230 Å². The number of nitrogens with zero attached hydrogens (tertiary/aromatic N) is 2. The summed E-state index contributed by atoms with van der Waals surface area (Å²) < 4.78 is 42.1. The van der Waals surface area contributed by atoms with Crippen LogP contribution in [0, 0.1) is 0 Å². The van der Waals surface area contributed by atoms with Gasteiger partial charge in [-0.25, -0.2) is 0 Å². The molecular weight excluding hydrogens is 530 g/mol. The van der Waals surface area contributed by atoms with E-state index in [0.717, 1.165) is 48.3 Å². The predicted molar refractivity (Wildman–Crippen MR) is 145 cm³/mol. The number of ether oxygens (including phenoxy) is 3. The Morgan fingerprint density at radius 2 is 2.05 bits per heavy atom. The van der Waals surface area contributed by atoms with Gasteiger partial charge in [-0.2, -0.15) is 5.10 Å². The van der Waals surface area contributed by atoms with Gasteiger partial charge >= 0.3 is 5.57 Å². The number of halogens is 3. The summed E-state index contributed by atoms with van der Waals surface area (Å²) in [6.45, 7) is 6.21. The quantitative estimate of drug-likeness (QED) is 0.296. The maximum absolute atomic E-state index is 13.4. The SMILES string of the molecule is CC(C)N1CC(COC2CCCCO2)c2cc(C(=O)Nc3ccc(OC(F)(F)Cl)cc3)cc(-c3ccn[nH]3)c21. The van der Waals surface area contributed by atoms with Crippen molar-refractivity contribution < 1.29 is 27.8 Å². The zero-order valence-electron chi connectivity index (χ0n) is 21.8. The Morgan fingerprint density at radius 3 is 2.69 bits per heavy atom. The van der Waals surface area contributed by atoms with Gasteiger partial charge in [-0.05, 0) is 81.1 Å². The molecule has 3 heterocycles. The Kier molecular flexibility index (Phi) is 8.06. The van der Waals surface area contributed by atoms with E-state index in [0.29, 0.717) is 24.5 Å². The van der Waals surface area contributed by atoms with Crippen LogP contribution in [0.5, 0.6) is 5.75 Å². The first kappa shape index (κ1) is 27.4. The second-order valence-corrected chi connectivity index (χ2v) is 10.5. The van der Waals surface area contributed by atoms with Crippen molar-refractivity contribution in [3.8, 4) is 17.0 Å². The Hall–Kier alpha value is -3.21.